The predicted molar refractivity (Wildman–Crippen MR) is 195 cm³/mol. The number of hydrogen-bond donors (Lipinski definition) is 2. The number of aliphatic imine (C=N–C) groups is 1. The molecule has 47 heavy (non-hydrogen) atoms. The fourth-order valence-corrected chi connectivity index (χ4v) is 6.07. The van der Waals surface area contributed by atoms with E-state index in [0.29, 0.717) is 34.6 Å². The quantitative estimate of drug-likeness (QED) is 0.161. The van der Waals surface area contributed by atoms with Gasteiger partial charge >= 0.3 is 0 Å². The van der Waals surface area contributed by atoms with E-state index in [4.69, 9.17) is 14.5 Å². The molecule has 2 atom stereocenters. The fourth-order valence-electron chi connectivity index (χ4n) is 6.07. The molecule has 0 aromatic heterocycles. The first kappa shape index (κ1) is 35.8. The van der Waals surface area contributed by atoms with Crippen LogP contribution in [0, 0.1) is 0 Å². The van der Waals surface area contributed by atoms with Crippen molar-refractivity contribution >= 4 is 6.21 Å². The van der Waals surface area contributed by atoms with Crippen LogP contribution in [-0.2, 0) is 22.9 Å². The van der Waals surface area contributed by atoms with Gasteiger partial charge in [0, 0.05) is 22.9 Å². The van der Waals surface area contributed by atoms with Crippen LogP contribution in [0.2, 0.25) is 0 Å². The van der Waals surface area contributed by atoms with Gasteiger partial charge in [0.2, 0.25) is 0 Å². The van der Waals surface area contributed by atoms with Crippen LogP contribution in [0.1, 0.15) is 107 Å². The number of phenols is 1. The summed E-state index contributed by atoms with van der Waals surface area (Å²) in [5, 5.41) is 25.0. The lowest BCUT2D eigenvalue weighted by molar-refractivity contribution is 0.0475. The van der Waals surface area contributed by atoms with Crippen LogP contribution in [0.15, 0.2) is 89.9 Å². The number of aromatic hydroxyl groups is 1. The number of nitrogens with zero attached hydrogens (tertiary/aromatic N) is 1. The topological polar surface area (TPSA) is 71.3 Å². The third-order valence-electron chi connectivity index (χ3n) is 9.34. The van der Waals surface area contributed by atoms with Crippen LogP contribution in [0.5, 0.6) is 17.2 Å². The summed E-state index contributed by atoms with van der Waals surface area (Å²) >= 11 is 0. The van der Waals surface area contributed by atoms with Crippen molar-refractivity contribution in [1.82, 2.24) is 0 Å². The van der Waals surface area contributed by atoms with Crippen molar-refractivity contribution in [2.75, 3.05) is 14.2 Å². The standard InChI is InChI=1S/C42H53NO4/c1-11-28(2)33-19-15-18-30(39(33)44)27-43-38(24-29-16-13-12-14-17-29)42(45,34-25-31(40(3,4)5)20-22-36(34)46-9)35-26-32(41(6,7)8)21-23-37(35)47-10/h12-23,25-28,38,44-45H,11,24H2,1-10H3. The normalized spacial score (nSPS) is 13.9. The zero-order valence-corrected chi connectivity index (χ0v) is 29.9. The number of para-hydroxylation sites is 1. The van der Waals surface area contributed by atoms with E-state index in [1.54, 1.807) is 20.4 Å². The maximum atomic E-state index is 13.7. The highest BCUT2D eigenvalue weighted by atomic mass is 16.5. The van der Waals surface area contributed by atoms with Crippen molar-refractivity contribution in [2.24, 2.45) is 4.99 Å². The Morgan fingerprint density at radius 1 is 0.745 bits per heavy atom. The van der Waals surface area contributed by atoms with Crippen molar-refractivity contribution in [3.05, 3.63) is 124 Å². The number of rotatable bonds is 11. The maximum Gasteiger partial charge on any atom is 0.144 e. The van der Waals surface area contributed by atoms with Gasteiger partial charge in [0.05, 0.1) is 20.3 Å². The third kappa shape index (κ3) is 7.73. The molecule has 0 aliphatic carbocycles. The first-order valence-corrected chi connectivity index (χ1v) is 16.6. The highest BCUT2D eigenvalue weighted by molar-refractivity contribution is 5.84. The molecule has 0 fully saturated rings. The highest BCUT2D eigenvalue weighted by Gasteiger charge is 2.45. The molecule has 2 N–H and O–H groups in total. The first-order valence-electron chi connectivity index (χ1n) is 16.6. The lowest BCUT2D eigenvalue weighted by Crippen LogP contribution is -2.42. The minimum Gasteiger partial charge on any atom is -0.507 e. The Bertz CT molecular complexity index is 1610. The highest BCUT2D eigenvalue weighted by Crippen LogP contribution is 2.47. The van der Waals surface area contributed by atoms with Gasteiger partial charge in [0.25, 0.3) is 0 Å². The van der Waals surface area contributed by atoms with Gasteiger partial charge in [0.1, 0.15) is 22.8 Å². The molecule has 0 saturated heterocycles. The number of phenolic OH excluding ortho intramolecular Hbond substituents is 1. The molecule has 0 saturated carbocycles. The number of aliphatic hydroxyl groups is 1. The zero-order chi connectivity index (χ0) is 34.6. The Balaban J connectivity index is 2.11. The molecule has 0 heterocycles. The molecule has 0 spiro atoms. The summed E-state index contributed by atoms with van der Waals surface area (Å²) in [6.07, 6.45) is 3.02. The lowest BCUT2D eigenvalue weighted by Gasteiger charge is -2.38. The molecular weight excluding hydrogens is 582 g/mol. The average Bonchev–Trinajstić information content (AvgIpc) is 3.05. The summed E-state index contributed by atoms with van der Waals surface area (Å²) in [5.41, 5.74) is 3.72. The van der Waals surface area contributed by atoms with Gasteiger partial charge in [-0.1, -0.05) is 110 Å². The molecule has 0 radical (unpaired) electrons. The summed E-state index contributed by atoms with van der Waals surface area (Å²) in [5.74, 6) is 1.51. The molecule has 0 aliphatic heterocycles. The molecule has 4 aromatic rings. The average molecular weight is 636 g/mol. The summed E-state index contributed by atoms with van der Waals surface area (Å²) in [7, 11) is 3.26. The van der Waals surface area contributed by atoms with Crippen LogP contribution in [-0.4, -0.2) is 36.7 Å². The molecule has 4 aromatic carbocycles. The van der Waals surface area contributed by atoms with Gasteiger partial charge in [0.15, 0.2) is 0 Å². The monoisotopic (exact) mass is 635 g/mol. The number of ether oxygens (including phenoxy) is 2. The van der Waals surface area contributed by atoms with E-state index in [0.717, 1.165) is 28.7 Å². The summed E-state index contributed by atoms with van der Waals surface area (Å²) in [6, 6.07) is 27.2. The summed E-state index contributed by atoms with van der Waals surface area (Å²) in [6.45, 7) is 17.2. The maximum absolute atomic E-state index is 13.7. The molecule has 5 nitrogen and oxygen atoms in total. The molecule has 0 amide bonds. The molecular formula is C42H53NO4. The predicted octanol–water partition coefficient (Wildman–Crippen LogP) is 9.48. The second-order valence-corrected chi connectivity index (χ2v) is 14.7. The molecule has 5 heteroatoms. The van der Waals surface area contributed by atoms with Crippen LogP contribution in [0.25, 0.3) is 0 Å². The van der Waals surface area contributed by atoms with Crippen LogP contribution >= 0.6 is 0 Å². The van der Waals surface area contributed by atoms with E-state index >= 15 is 0 Å². The molecule has 0 bridgehead atoms. The van der Waals surface area contributed by atoms with E-state index < -0.39 is 11.6 Å². The van der Waals surface area contributed by atoms with Gasteiger partial charge in [-0.25, -0.2) is 0 Å². The molecule has 250 valence electrons. The van der Waals surface area contributed by atoms with Crippen molar-refractivity contribution in [3.8, 4) is 17.2 Å². The van der Waals surface area contributed by atoms with E-state index in [1.807, 2.05) is 48.5 Å². The molecule has 2 unspecified atom stereocenters. The fraction of sp³-hybridized carbons (Fsp3) is 0.405. The van der Waals surface area contributed by atoms with E-state index in [1.165, 1.54) is 0 Å². The Labute approximate surface area is 282 Å². The summed E-state index contributed by atoms with van der Waals surface area (Å²) in [4.78, 5) is 5.19. The minimum atomic E-state index is -1.71. The number of methoxy groups -OCH3 is 2. The largest absolute Gasteiger partial charge is 0.507 e. The van der Waals surface area contributed by atoms with Crippen LogP contribution in [0.4, 0.5) is 0 Å². The first-order chi connectivity index (χ1) is 22.1. The minimum absolute atomic E-state index is 0.189. The van der Waals surface area contributed by atoms with Gasteiger partial charge in [-0.15, -0.1) is 0 Å². The Morgan fingerprint density at radius 2 is 1.28 bits per heavy atom. The number of hydrogen-bond acceptors (Lipinski definition) is 5. The van der Waals surface area contributed by atoms with Gasteiger partial charge in [-0.05, 0) is 82.2 Å². The lowest BCUT2D eigenvalue weighted by atomic mass is 9.73. The Morgan fingerprint density at radius 3 is 1.74 bits per heavy atom. The van der Waals surface area contributed by atoms with Gasteiger partial charge < -0.3 is 19.7 Å². The van der Waals surface area contributed by atoms with Crippen LogP contribution in [0.3, 0.4) is 0 Å². The molecule has 0 aliphatic rings. The van der Waals surface area contributed by atoms with Crippen molar-refractivity contribution in [1.29, 1.82) is 0 Å². The van der Waals surface area contributed by atoms with E-state index in [-0.39, 0.29) is 22.5 Å². The van der Waals surface area contributed by atoms with Crippen molar-refractivity contribution in [3.63, 3.8) is 0 Å². The number of benzene rings is 4. The van der Waals surface area contributed by atoms with E-state index in [9.17, 15) is 10.2 Å². The van der Waals surface area contributed by atoms with Crippen molar-refractivity contribution < 1.29 is 19.7 Å². The zero-order valence-electron chi connectivity index (χ0n) is 29.9. The van der Waals surface area contributed by atoms with Crippen LogP contribution < -0.4 is 9.47 Å². The van der Waals surface area contributed by atoms with E-state index in [2.05, 4.69) is 91.8 Å². The van der Waals surface area contributed by atoms with Gasteiger partial charge in [-0.2, -0.15) is 0 Å². The Hall–Kier alpha value is -4.09. The molecule has 4 rings (SSSR count). The Kier molecular flexibility index (Phi) is 10.9. The van der Waals surface area contributed by atoms with Gasteiger partial charge in [-0.3, -0.25) is 4.99 Å². The SMILES string of the molecule is CCC(C)c1cccc(C=NC(Cc2ccccc2)C(O)(c2cc(C(C)(C)C)ccc2OC)c2cc(C(C)(C)C)ccc2OC)c1O. The van der Waals surface area contributed by atoms with Crippen molar-refractivity contribution in [2.45, 2.75) is 96.6 Å². The second kappa shape index (κ2) is 14.4. The smallest absolute Gasteiger partial charge is 0.144 e. The summed E-state index contributed by atoms with van der Waals surface area (Å²) < 4.78 is 12.0. The second-order valence-electron chi connectivity index (χ2n) is 14.7. The third-order valence-corrected chi connectivity index (χ3v) is 9.34.